The van der Waals surface area contributed by atoms with Gasteiger partial charge in [-0.1, -0.05) is 16.6 Å². The lowest BCUT2D eigenvalue weighted by molar-refractivity contribution is 0.242. The normalized spacial score (nSPS) is 12.7. The molecule has 1 atom stereocenters. The second kappa shape index (κ2) is 6.12. The van der Waals surface area contributed by atoms with Gasteiger partial charge in [-0.05, 0) is 57.0 Å². The predicted molar refractivity (Wildman–Crippen MR) is 77.8 cm³/mol. The molecule has 0 fully saturated rings. The Labute approximate surface area is 118 Å². The fraction of sp³-hybridized carbons (Fsp3) is 0.429. The highest BCUT2D eigenvalue weighted by Crippen LogP contribution is 2.27. The van der Waals surface area contributed by atoms with Crippen LogP contribution in [-0.2, 0) is 0 Å². The minimum Gasteiger partial charge on any atom is -0.491 e. The molecule has 1 aromatic carbocycles. The molecule has 0 amide bonds. The number of aromatic nitrogens is 2. The lowest BCUT2D eigenvalue weighted by Crippen LogP contribution is -2.17. The van der Waals surface area contributed by atoms with E-state index in [4.69, 9.17) is 4.74 Å². The van der Waals surface area contributed by atoms with Gasteiger partial charge in [0.15, 0.2) is 0 Å². The van der Waals surface area contributed by atoms with Crippen molar-refractivity contribution in [1.82, 2.24) is 14.9 Å². The Hall–Kier alpha value is -1.46. The quantitative estimate of drug-likeness (QED) is 0.913. The maximum Gasteiger partial charge on any atom is 0.119 e. The fourth-order valence-electron chi connectivity index (χ4n) is 1.96. The topological polar surface area (TPSA) is 47.0 Å². The molecule has 0 aliphatic carbocycles. The Morgan fingerprint density at radius 2 is 1.89 bits per heavy atom. The summed E-state index contributed by atoms with van der Waals surface area (Å²) < 4.78 is 9.65. The van der Waals surface area contributed by atoms with E-state index >= 15 is 0 Å². The van der Waals surface area contributed by atoms with Gasteiger partial charge in [0, 0.05) is 0 Å². The van der Waals surface area contributed by atoms with Gasteiger partial charge in [-0.15, -0.1) is 5.10 Å². The second-order valence-electron chi connectivity index (χ2n) is 4.68. The highest BCUT2D eigenvalue weighted by atomic mass is 32.1. The monoisotopic (exact) mass is 277 g/mol. The standard InChI is InChI=1S/C14H19N3OS/c1-9(2)18-12-7-5-11(6-8-12)13(15-4)14-10(3)16-17-19-14/h5-9,13,15H,1-4H3. The van der Waals surface area contributed by atoms with Crippen molar-refractivity contribution in [2.75, 3.05) is 7.05 Å². The molecule has 2 rings (SSSR count). The first-order valence-corrected chi connectivity index (χ1v) is 7.12. The largest absolute Gasteiger partial charge is 0.491 e. The molecule has 0 saturated carbocycles. The number of ether oxygens (including phenoxy) is 1. The zero-order valence-electron chi connectivity index (χ0n) is 11.7. The van der Waals surface area contributed by atoms with Gasteiger partial charge in [0.1, 0.15) is 5.75 Å². The minimum absolute atomic E-state index is 0.132. The molecule has 5 heteroatoms. The smallest absolute Gasteiger partial charge is 0.119 e. The highest BCUT2D eigenvalue weighted by Gasteiger charge is 2.17. The van der Waals surface area contributed by atoms with Crippen LogP contribution in [-0.4, -0.2) is 22.7 Å². The summed E-state index contributed by atoms with van der Waals surface area (Å²) in [5.41, 5.74) is 2.17. The average molecular weight is 277 g/mol. The lowest BCUT2D eigenvalue weighted by atomic mass is 10.0. The Kier molecular flexibility index (Phi) is 4.50. The summed E-state index contributed by atoms with van der Waals surface area (Å²) >= 11 is 1.44. The third kappa shape index (κ3) is 3.30. The highest BCUT2D eigenvalue weighted by molar-refractivity contribution is 7.05. The van der Waals surface area contributed by atoms with Crippen molar-refractivity contribution in [2.45, 2.75) is 32.9 Å². The van der Waals surface area contributed by atoms with Crippen LogP contribution in [0, 0.1) is 6.92 Å². The molecule has 0 aliphatic heterocycles. The van der Waals surface area contributed by atoms with Gasteiger partial charge in [0.2, 0.25) is 0 Å². The van der Waals surface area contributed by atoms with E-state index in [2.05, 4.69) is 27.0 Å². The number of benzene rings is 1. The van der Waals surface area contributed by atoms with E-state index in [-0.39, 0.29) is 12.1 Å². The number of nitrogens with zero attached hydrogens (tertiary/aromatic N) is 2. The van der Waals surface area contributed by atoms with Gasteiger partial charge in [-0.2, -0.15) is 0 Å². The van der Waals surface area contributed by atoms with Gasteiger partial charge in [-0.3, -0.25) is 0 Å². The fourth-order valence-corrected chi connectivity index (χ4v) is 2.75. The Morgan fingerprint density at radius 1 is 1.21 bits per heavy atom. The van der Waals surface area contributed by atoms with Gasteiger partial charge in [-0.25, -0.2) is 0 Å². The molecule has 0 radical (unpaired) electrons. The number of hydrogen-bond donors (Lipinski definition) is 1. The molecule has 0 spiro atoms. The second-order valence-corrected chi connectivity index (χ2v) is 5.47. The maximum atomic E-state index is 5.65. The summed E-state index contributed by atoms with van der Waals surface area (Å²) in [5, 5.41) is 7.38. The van der Waals surface area contributed by atoms with Crippen LogP contribution in [0.5, 0.6) is 5.75 Å². The van der Waals surface area contributed by atoms with Crippen molar-refractivity contribution >= 4 is 11.5 Å². The molecule has 2 aromatic rings. The first-order valence-electron chi connectivity index (χ1n) is 6.34. The molecule has 1 heterocycles. The molecule has 1 unspecified atom stereocenters. The first-order chi connectivity index (χ1) is 9.11. The van der Waals surface area contributed by atoms with E-state index in [0.29, 0.717) is 0 Å². The van der Waals surface area contributed by atoms with Crippen LogP contribution < -0.4 is 10.1 Å². The summed E-state index contributed by atoms with van der Waals surface area (Å²) in [4.78, 5) is 1.15. The van der Waals surface area contributed by atoms with E-state index in [1.54, 1.807) is 0 Å². The summed E-state index contributed by atoms with van der Waals surface area (Å²) in [6, 6.07) is 8.30. The average Bonchev–Trinajstić information content (AvgIpc) is 2.78. The molecule has 1 N–H and O–H groups in total. The third-order valence-corrected chi connectivity index (χ3v) is 3.71. The van der Waals surface area contributed by atoms with Crippen LogP contribution >= 0.6 is 11.5 Å². The van der Waals surface area contributed by atoms with Crippen molar-refractivity contribution in [1.29, 1.82) is 0 Å². The minimum atomic E-state index is 0.132. The van der Waals surface area contributed by atoms with Crippen molar-refractivity contribution < 1.29 is 4.74 Å². The van der Waals surface area contributed by atoms with E-state index in [0.717, 1.165) is 16.3 Å². The van der Waals surface area contributed by atoms with Gasteiger partial charge in [0.05, 0.1) is 22.7 Å². The van der Waals surface area contributed by atoms with Crippen molar-refractivity contribution in [3.05, 3.63) is 40.4 Å². The molecule has 4 nitrogen and oxygen atoms in total. The summed E-state index contributed by atoms with van der Waals surface area (Å²) in [6.45, 7) is 6.03. The molecular formula is C14H19N3OS. The van der Waals surface area contributed by atoms with Gasteiger partial charge < -0.3 is 10.1 Å². The van der Waals surface area contributed by atoms with Crippen LogP contribution in [0.3, 0.4) is 0 Å². The van der Waals surface area contributed by atoms with Crippen LogP contribution in [0.4, 0.5) is 0 Å². The molecule has 19 heavy (non-hydrogen) atoms. The molecule has 0 saturated heterocycles. The molecule has 1 aromatic heterocycles. The SMILES string of the molecule is CNC(c1ccc(OC(C)C)cc1)c1snnc1C. The number of aryl methyl sites for hydroxylation is 1. The van der Waals surface area contributed by atoms with E-state index < -0.39 is 0 Å². The molecule has 0 bridgehead atoms. The van der Waals surface area contributed by atoms with E-state index in [1.807, 2.05) is 40.0 Å². The summed E-state index contributed by atoms with van der Waals surface area (Å²) in [6.07, 6.45) is 0.193. The number of nitrogens with one attached hydrogen (secondary N) is 1. The Morgan fingerprint density at radius 3 is 2.37 bits per heavy atom. The first kappa shape index (κ1) is 14.0. The molecule has 0 aliphatic rings. The van der Waals surface area contributed by atoms with Crippen LogP contribution in [0.2, 0.25) is 0 Å². The molecular weight excluding hydrogens is 258 g/mol. The summed E-state index contributed by atoms with van der Waals surface area (Å²) in [7, 11) is 1.95. The maximum absolute atomic E-state index is 5.65. The lowest BCUT2D eigenvalue weighted by Gasteiger charge is -2.16. The van der Waals surface area contributed by atoms with E-state index in [9.17, 15) is 0 Å². The van der Waals surface area contributed by atoms with Gasteiger partial charge >= 0.3 is 0 Å². The van der Waals surface area contributed by atoms with Crippen molar-refractivity contribution in [3.63, 3.8) is 0 Å². The number of hydrogen-bond acceptors (Lipinski definition) is 5. The summed E-state index contributed by atoms with van der Waals surface area (Å²) in [5.74, 6) is 0.896. The van der Waals surface area contributed by atoms with Crippen molar-refractivity contribution in [2.24, 2.45) is 0 Å². The predicted octanol–water partition coefficient (Wildman–Crippen LogP) is 2.94. The molecule has 102 valence electrons. The van der Waals surface area contributed by atoms with Crippen LogP contribution in [0.1, 0.15) is 36.0 Å². The van der Waals surface area contributed by atoms with Crippen LogP contribution in [0.15, 0.2) is 24.3 Å². The van der Waals surface area contributed by atoms with Crippen molar-refractivity contribution in [3.8, 4) is 5.75 Å². The zero-order chi connectivity index (χ0) is 13.8. The van der Waals surface area contributed by atoms with Gasteiger partial charge in [0.25, 0.3) is 0 Å². The zero-order valence-corrected chi connectivity index (χ0v) is 12.5. The van der Waals surface area contributed by atoms with Crippen LogP contribution in [0.25, 0.3) is 0 Å². The third-order valence-electron chi connectivity index (χ3n) is 2.82. The Bertz CT molecular complexity index is 522. The van der Waals surface area contributed by atoms with E-state index in [1.165, 1.54) is 17.1 Å². The Balaban J connectivity index is 2.22. The number of rotatable bonds is 5.